The van der Waals surface area contributed by atoms with Crippen LogP contribution in [0.3, 0.4) is 0 Å². The van der Waals surface area contributed by atoms with Crippen LogP contribution in [0.25, 0.3) is 0 Å². The van der Waals surface area contributed by atoms with Gasteiger partial charge in [-0.25, -0.2) is 0 Å². The van der Waals surface area contributed by atoms with Gasteiger partial charge in [-0.1, -0.05) is 25.1 Å². The second-order valence-electron chi connectivity index (χ2n) is 8.19. The molecule has 1 atom stereocenters. The van der Waals surface area contributed by atoms with Crippen LogP contribution >= 0.6 is 0 Å². The van der Waals surface area contributed by atoms with Crippen LogP contribution in [0.4, 0.5) is 0 Å². The van der Waals surface area contributed by atoms with E-state index in [4.69, 9.17) is 9.15 Å². The van der Waals surface area contributed by atoms with Crippen molar-refractivity contribution in [2.24, 2.45) is 0 Å². The summed E-state index contributed by atoms with van der Waals surface area (Å²) in [6.45, 7) is 3.99. The number of ether oxygens (including phenoxy) is 1. The number of rotatable bonds is 6. The molecular weight excluding hydrogens is 396 g/mol. The van der Waals surface area contributed by atoms with Gasteiger partial charge in [0.25, 0.3) is 5.91 Å². The van der Waals surface area contributed by atoms with E-state index in [1.807, 2.05) is 47.1 Å². The lowest BCUT2D eigenvalue weighted by atomic mass is 9.96. The molecule has 0 saturated carbocycles. The minimum Gasteiger partial charge on any atom is -0.484 e. The monoisotopic (exact) mass is 426 g/mol. The third-order valence-corrected chi connectivity index (χ3v) is 6.17. The highest BCUT2D eigenvalue weighted by Gasteiger charge is 2.34. The van der Waals surface area contributed by atoms with Crippen LogP contribution in [0.1, 0.15) is 69.2 Å². The Labute approximate surface area is 182 Å². The maximum atomic E-state index is 12.9. The van der Waals surface area contributed by atoms with Gasteiger partial charge in [0.15, 0.2) is 6.61 Å². The SMILES string of the molecule is CCC(=O)N1CCC(c2nnc(C3CCCCN3C(=O)COc3ccccc3)o2)CC1. The standard InChI is InChI=1S/C23H30N4O4/c1-2-20(28)26-14-11-17(12-15-26)22-24-25-23(31-22)19-10-6-7-13-27(19)21(29)16-30-18-8-4-3-5-9-18/h3-5,8-9,17,19H,2,6-7,10-16H2,1H3. The third kappa shape index (κ3) is 5.06. The van der Waals surface area contributed by atoms with Crippen molar-refractivity contribution < 1.29 is 18.7 Å². The Kier molecular flexibility index (Phi) is 6.84. The Bertz CT molecular complexity index is 877. The number of likely N-dealkylation sites (tertiary alicyclic amines) is 2. The first-order valence-electron chi connectivity index (χ1n) is 11.2. The van der Waals surface area contributed by atoms with Crippen molar-refractivity contribution in [1.82, 2.24) is 20.0 Å². The maximum Gasteiger partial charge on any atom is 0.261 e. The Hall–Kier alpha value is -2.90. The molecule has 4 rings (SSSR count). The van der Waals surface area contributed by atoms with E-state index in [9.17, 15) is 9.59 Å². The van der Waals surface area contributed by atoms with Crippen molar-refractivity contribution in [3.05, 3.63) is 42.1 Å². The summed E-state index contributed by atoms with van der Waals surface area (Å²) in [5.74, 6) is 2.10. The predicted molar refractivity (Wildman–Crippen MR) is 113 cm³/mol. The van der Waals surface area contributed by atoms with Gasteiger partial charge in [-0.3, -0.25) is 9.59 Å². The van der Waals surface area contributed by atoms with Gasteiger partial charge in [0, 0.05) is 32.0 Å². The highest BCUT2D eigenvalue weighted by Crippen LogP contribution is 2.33. The average molecular weight is 427 g/mol. The molecule has 1 aromatic heterocycles. The second kappa shape index (κ2) is 9.94. The Balaban J connectivity index is 1.38. The van der Waals surface area contributed by atoms with Gasteiger partial charge < -0.3 is 19.0 Å². The molecule has 166 valence electrons. The second-order valence-corrected chi connectivity index (χ2v) is 8.19. The zero-order valence-electron chi connectivity index (χ0n) is 18.0. The normalized spacial score (nSPS) is 20.0. The number of aromatic nitrogens is 2. The molecule has 2 fully saturated rings. The van der Waals surface area contributed by atoms with Crippen LogP contribution in [-0.2, 0) is 9.59 Å². The van der Waals surface area contributed by atoms with Crippen molar-refractivity contribution in [2.75, 3.05) is 26.2 Å². The lowest BCUT2D eigenvalue weighted by molar-refractivity contribution is -0.138. The molecule has 0 spiro atoms. The minimum atomic E-state index is -0.205. The van der Waals surface area contributed by atoms with E-state index < -0.39 is 0 Å². The van der Waals surface area contributed by atoms with Crippen molar-refractivity contribution >= 4 is 11.8 Å². The van der Waals surface area contributed by atoms with Gasteiger partial charge in [0.2, 0.25) is 17.7 Å². The highest BCUT2D eigenvalue weighted by atomic mass is 16.5. The number of carbonyl (C=O) groups is 2. The van der Waals surface area contributed by atoms with Gasteiger partial charge in [0.1, 0.15) is 11.8 Å². The van der Waals surface area contributed by atoms with Gasteiger partial charge in [-0.2, -0.15) is 0 Å². The number of carbonyl (C=O) groups excluding carboxylic acids is 2. The van der Waals surface area contributed by atoms with Crippen molar-refractivity contribution in [3.63, 3.8) is 0 Å². The molecule has 8 nitrogen and oxygen atoms in total. The van der Waals surface area contributed by atoms with Crippen LogP contribution in [0, 0.1) is 0 Å². The van der Waals surface area contributed by atoms with E-state index in [-0.39, 0.29) is 30.4 Å². The molecule has 31 heavy (non-hydrogen) atoms. The first kappa shape index (κ1) is 21.3. The summed E-state index contributed by atoms with van der Waals surface area (Å²) in [6.07, 6.45) is 4.97. The molecule has 3 heterocycles. The topological polar surface area (TPSA) is 88.8 Å². The molecule has 2 aliphatic rings. The number of hydrogen-bond acceptors (Lipinski definition) is 6. The lowest BCUT2D eigenvalue weighted by Crippen LogP contribution is -2.41. The van der Waals surface area contributed by atoms with E-state index in [1.165, 1.54) is 0 Å². The summed E-state index contributed by atoms with van der Waals surface area (Å²) in [5.41, 5.74) is 0. The first-order chi connectivity index (χ1) is 15.2. The van der Waals surface area contributed by atoms with Crippen LogP contribution in [0.2, 0.25) is 0 Å². The van der Waals surface area contributed by atoms with Gasteiger partial charge in [0.05, 0.1) is 0 Å². The number of piperidine rings is 2. The maximum absolute atomic E-state index is 12.9. The van der Waals surface area contributed by atoms with Crippen molar-refractivity contribution in [2.45, 2.75) is 57.4 Å². The summed E-state index contributed by atoms with van der Waals surface area (Å²) in [5, 5.41) is 8.61. The Morgan fingerprint density at radius 2 is 1.74 bits per heavy atom. The van der Waals surface area contributed by atoms with E-state index in [2.05, 4.69) is 10.2 Å². The molecule has 2 aromatic rings. The summed E-state index contributed by atoms with van der Waals surface area (Å²) >= 11 is 0. The Morgan fingerprint density at radius 1 is 1.00 bits per heavy atom. The summed E-state index contributed by atoms with van der Waals surface area (Å²) in [6, 6.07) is 9.14. The lowest BCUT2D eigenvalue weighted by Gasteiger charge is -2.33. The average Bonchev–Trinajstić information content (AvgIpc) is 3.33. The molecule has 0 radical (unpaired) electrons. The fourth-order valence-electron chi connectivity index (χ4n) is 4.38. The number of benzene rings is 1. The predicted octanol–water partition coefficient (Wildman–Crippen LogP) is 3.32. The molecule has 2 saturated heterocycles. The zero-order valence-corrected chi connectivity index (χ0v) is 18.0. The van der Waals surface area contributed by atoms with Crippen molar-refractivity contribution in [1.29, 1.82) is 0 Å². The molecule has 1 unspecified atom stereocenters. The molecule has 8 heteroatoms. The Morgan fingerprint density at radius 3 is 2.48 bits per heavy atom. The van der Waals surface area contributed by atoms with Gasteiger partial charge in [-0.05, 0) is 44.2 Å². The summed E-state index contributed by atoms with van der Waals surface area (Å²) in [7, 11) is 0. The van der Waals surface area contributed by atoms with Crippen LogP contribution in [0.15, 0.2) is 34.7 Å². The fraction of sp³-hybridized carbons (Fsp3) is 0.565. The van der Waals surface area contributed by atoms with E-state index in [0.29, 0.717) is 30.5 Å². The number of amides is 2. The number of nitrogens with zero attached hydrogens (tertiary/aromatic N) is 4. The quantitative estimate of drug-likeness (QED) is 0.704. The molecule has 2 amide bonds. The van der Waals surface area contributed by atoms with Crippen LogP contribution < -0.4 is 4.74 Å². The number of hydrogen-bond donors (Lipinski definition) is 0. The molecule has 0 bridgehead atoms. The molecule has 1 aromatic carbocycles. The molecule has 0 N–H and O–H groups in total. The molecule has 2 aliphatic heterocycles. The number of para-hydroxylation sites is 1. The highest BCUT2D eigenvalue weighted by molar-refractivity contribution is 5.78. The summed E-state index contributed by atoms with van der Waals surface area (Å²) < 4.78 is 11.7. The molecular formula is C23H30N4O4. The largest absolute Gasteiger partial charge is 0.484 e. The van der Waals surface area contributed by atoms with Crippen molar-refractivity contribution in [3.8, 4) is 5.75 Å². The van der Waals surface area contributed by atoms with Gasteiger partial charge in [-0.15, -0.1) is 10.2 Å². The van der Waals surface area contributed by atoms with E-state index in [0.717, 1.165) is 45.2 Å². The van der Waals surface area contributed by atoms with E-state index in [1.54, 1.807) is 0 Å². The van der Waals surface area contributed by atoms with E-state index >= 15 is 0 Å². The smallest absolute Gasteiger partial charge is 0.261 e. The van der Waals surface area contributed by atoms with Crippen LogP contribution in [0.5, 0.6) is 5.75 Å². The fourth-order valence-corrected chi connectivity index (χ4v) is 4.38. The third-order valence-electron chi connectivity index (χ3n) is 6.17. The summed E-state index contributed by atoms with van der Waals surface area (Å²) in [4.78, 5) is 28.5. The molecule has 0 aliphatic carbocycles. The van der Waals surface area contributed by atoms with Crippen LogP contribution in [-0.4, -0.2) is 58.1 Å². The minimum absolute atomic E-state index is 0.00851. The first-order valence-corrected chi connectivity index (χ1v) is 11.2. The zero-order chi connectivity index (χ0) is 21.6. The van der Waals surface area contributed by atoms with Gasteiger partial charge >= 0.3 is 0 Å².